The smallest absolute Gasteiger partial charge is 0.258 e. The Labute approximate surface area is 182 Å². The molecule has 1 amide bonds. The lowest BCUT2D eigenvalue weighted by molar-refractivity contribution is -0.120. The molecular formula is C26H27N3O2. The van der Waals surface area contributed by atoms with E-state index in [0.717, 1.165) is 65.3 Å². The largest absolute Gasteiger partial charge is 0.346 e. The lowest BCUT2D eigenvalue weighted by atomic mass is 9.98. The van der Waals surface area contributed by atoms with Gasteiger partial charge in [0.1, 0.15) is 11.6 Å². The van der Waals surface area contributed by atoms with Crippen LogP contribution in [0, 0.1) is 19.8 Å². The van der Waals surface area contributed by atoms with Crippen molar-refractivity contribution in [2.24, 2.45) is 5.92 Å². The minimum absolute atomic E-state index is 0.00182. The van der Waals surface area contributed by atoms with Gasteiger partial charge in [0.15, 0.2) is 0 Å². The second-order valence-corrected chi connectivity index (χ2v) is 8.76. The van der Waals surface area contributed by atoms with Gasteiger partial charge in [0.25, 0.3) is 5.91 Å². The van der Waals surface area contributed by atoms with Gasteiger partial charge in [0.05, 0.1) is 11.4 Å². The number of ketones is 1. The molecule has 0 atom stereocenters. The molecule has 0 saturated heterocycles. The Bertz CT molecular complexity index is 1170. The first kappa shape index (κ1) is 19.7. The van der Waals surface area contributed by atoms with E-state index >= 15 is 0 Å². The Morgan fingerprint density at radius 3 is 2.71 bits per heavy atom. The summed E-state index contributed by atoms with van der Waals surface area (Å²) < 4.78 is 0. The van der Waals surface area contributed by atoms with E-state index in [4.69, 9.17) is 0 Å². The molecule has 0 radical (unpaired) electrons. The summed E-state index contributed by atoms with van der Waals surface area (Å²) >= 11 is 0. The number of H-pyrrole nitrogens is 1. The van der Waals surface area contributed by atoms with Gasteiger partial charge in [-0.2, -0.15) is 0 Å². The molecule has 5 heteroatoms. The molecule has 1 aromatic heterocycles. The first-order valence-electron chi connectivity index (χ1n) is 11.1. The molecule has 1 aliphatic heterocycles. The molecule has 1 aliphatic carbocycles. The molecule has 1 N–H and O–H groups in total. The zero-order chi connectivity index (χ0) is 21.5. The van der Waals surface area contributed by atoms with Crippen molar-refractivity contribution < 1.29 is 9.59 Å². The van der Waals surface area contributed by atoms with Crippen molar-refractivity contribution in [3.63, 3.8) is 0 Å². The van der Waals surface area contributed by atoms with Crippen LogP contribution in [0.15, 0.2) is 42.5 Å². The van der Waals surface area contributed by atoms with Crippen LogP contribution in [0.5, 0.6) is 0 Å². The van der Waals surface area contributed by atoms with Crippen molar-refractivity contribution in [2.45, 2.75) is 46.0 Å². The molecule has 1 saturated carbocycles. The van der Waals surface area contributed by atoms with E-state index in [-0.39, 0.29) is 5.91 Å². The maximum atomic E-state index is 13.5. The molecule has 2 aromatic carbocycles. The van der Waals surface area contributed by atoms with Gasteiger partial charge in [-0.3, -0.25) is 9.59 Å². The van der Waals surface area contributed by atoms with Crippen molar-refractivity contribution in [3.8, 4) is 11.3 Å². The topological polar surface area (TPSA) is 66.1 Å². The van der Waals surface area contributed by atoms with Gasteiger partial charge >= 0.3 is 0 Å². The highest BCUT2D eigenvalue weighted by atomic mass is 16.2. The van der Waals surface area contributed by atoms with Gasteiger partial charge in [-0.15, -0.1) is 0 Å². The molecular weight excluding hydrogens is 386 g/mol. The number of nitrogens with one attached hydrogen (secondary N) is 1. The summed E-state index contributed by atoms with van der Waals surface area (Å²) in [7, 11) is 0. The van der Waals surface area contributed by atoms with E-state index in [1.165, 1.54) is 0 Å². The molecule has 5 rings (SSSR count). The summed E-state index contributed by atoms with van der Waals surface area (Å²) in [6, 6.07) is 13.9. The highest BCUT2D eigenvalue weighted by Gasteiger charge is 2.29. The molecule has 5 nitrogen and oxygen atoms in total. The highest BCUT2D eigenvalue weighted by Crippen LogP contribution is 2.36. The Hall–Kier alpha value is -3.21. The number of para-hydroxylation sites is 1. The van der Waals surface area contributed by atoms with Crippen molar-refractivity contribution in [1.82, 2.24) is 9.97 Å². The summed E-state index contributed by atoms with van der Waals surface area (Å²) in [4.78, 5) is 35.5. The van der Waals surface area contributed by atoms with Crippen molar-refractivity contribution in [2.75, 3.05) is 11.4 Å². The fourth-order valence-electron chi connectivity index (χ4n) is 4.54. The quantitative estimate of drug-likeness (QED) is 0.653. The van der Waals surface area contributed by atoms with Crippen molar-refractivity contribution >= 4 is 17.4 Å². The van der Waals surface area contributed by atoms with Crippen LogP contribution in [0.3, 0.4) is 0 Å². The first-order chi connectivity index (χ1) is 15.0. The number of Topliss-reactive ketones (excluding diaryl/α,β-unsaturated/α-hetero) is 1. The average Bonchev–Trinajstić information content (AvgIpc) is 3.57. The number of aryl methyl sites for hydroxylation is 3. The number of carbonyl (C=O) groups is 2. The van der Waals surface area contributed by atoms with E-state index in [9.17, 15) is 9.59 Å². The molecule has 158 valence electrons. The van der Waals surface area contributed by atoms with Crippen molar-refractivity contribution in [1.29, 1.82) is 0 Å². The summed E-state index contributed by atoms with van der Waals surface area (Å²) in [6.07, 6.45) is 4.20. The molecule has 0 bridgehead atoms. The Kier molecular flexibility index (Phi) is 4.97. The maximum absolute atomic E-state index is 13.5. The van der Waals surface area contributed by atoms with Gasteiger partial charge in [-0.05, 0) is 62.4 Å². The van der Waals surface area contributed by atoms with Crippen LogP contribution < -0.4 is 4.90 Å². The summed E-state index contributed by atoms with van der Waals surface area (Å²) in [5.41, 5.74) is 6.80. The van der Waals surface area contributed by atoms with Crippen LogP contribution >= 0.6 is 0 Å². The number of hydrogen-bond acceptors (Lipinski definition) is 3. The minimum Gasteiger partial charge on any atom is -0.346 e. The summed E-state index contributed by atoms with van der Waals surface area (Å²) in [5.74, 6) is 1.58. The third-order valence-electron chi connectivity index (χ3n) is 6.44. The maximum Gasteiger partial charge on any atom is 0.258 e. The number of imidazole rings is 1. The van der Waals surface area contributed by atoms with Crippen molar-refractivity contribution in [3.05, 3.63) is 70.7 Å². The van der Waals surface area contributed by atoms with Crippen LogP contribution in [0.1, 0.15) is 52.3 Å². The van der Waals surface area contributed by atoms with E-state index in [2.05, 4.69) is 9.97 Å². The number of rotatable bonds is 5. The number of carbonyl (C=O) groups excluding carboxylic acids is 2. The lowest BCUT2D eigenvalue weighted by Crippen LogP contribution is -2.32. The normalized spacial score (nSPS) is 15.2. The van der Waals surface area contributed by atoms with E-state index in [0.29, 0.717) is 30.2 Å². The number of aromatic amines is 1. The predicted molar refractivity (Wildman–Crippen MR) is 121 cm³/mol. The van der Waals surface area contributed by atoms with E-state index < -0.39 is 0 Å². The predicted octanol–water partition coefficient (Wildman–Crippen LogP) is 4.81. The third kappa shape index (κ3) is 3.80. The summed E-state index contributed by atoms with van der Waals surface area (Å²) in [6.45, 7) is 4.59. The van der Waals surface area contributed by atoms with Gasteiger partial charge in [0, 0.05) is 42.1 Å². The Morgan fingerprint density at radius 2 is 1.94 bits per heavy atom. The molecule has 31 heavy (non-hydrogen) atoms. The van der Waals surface area contributed by atoms with Crippen LogP contribution in [-0.2, 0) is 17.6 Å². The number of aromatic nitrogens is 2. The molecule has 3 aromatic rings. The first-order valence-corrected chi connectivity index (χ1v) is 11.1. The molecule has 0 spiro atoms. The third-order valence-corrected chi connectivity index (χ3v) is 6.44. The average molecular weight is 414 g/mol. The number of benzene rings is 2. The molecule has 2 aliphatic rings. The van der Waals surface area contributed by atoms with Crippen LogP contribution in [-0.4, -0.2) is 28.2 Å². The fraction of sp³-hybridized carbons (Fsp3) is 0.346. The number of nitrogens with zero attached hydrogens (tertiary/aromatic N) is 2. The van der Waals surface area contributed by atoms with Gasteiger partial charge in [-0.1, -0.05) is 24.3 Å². The van der Waals surface area contributed by atoms with Gasteiger partial charge < -0.3 is 9.88 Å². The molecule has 0 unspecified atom stereocenters. The fourth-order valence-corrected chi connectivity index (χ4v) is 4.54. The number of fused-ring (bicyclic) bond motifs is 3. The molecule has 1 fully saturated rings. The zero-order valence-electron chi connectivity index (χ0n) is 18.1. The Balaban J connectivity index is 1.40. The van der Waals surface area contributed by atoms with Crippen LogP contribution in [0.2, 0.25) is 0 Å². The van der Waals surface area contributed by atoms with E-state index in [1.54, 1.807) is 0 Å². The number of amides is 1. The SMILES string of the molecule is Cc1nc2c([nH]1)CCN(C(=O)c1ccc(CCC(=O)C3CC3)c(C)c1)c1ccccc1-2. The lowest BCUT2D eigenvalue weighted by Gasteiger charge is -2.23. The minimum atomic E-state index is -0.00182. The standard InChI is InChI=1S/C26H27N3O2/c1-16-15-20(10-7-18(16)11-12-24(30)19-8-9-19)26(31)29-14-13-22-25(28-17(2)27-22)21-5-3-4-6-23(21)29/h3-7,10,15,19H,8-9,11-14H2,1-2H3,(H,27,28). The monoisotopic (exact) mass is 413 g/mol. The number of hydrogen-bond donors (Lipinski definition) is 1. The van der Waals surface area contributed by atoms with Crippen LogP contribution in [0.4, 0.5) is 5.69 Å². The van der Waals surface area contributed by atoms with Crippen LogP contribution in [0.25, 0.3) is 11.3 Å². The Morgan fingerprint density at radius 1 is 1.13 bits per heavy atom. The van der Waals surface area contributed by atoms with Gasteiger partial charge in [-0.25, -0.2) is 4.98 Å². The second-order valence-electron chi connectivity index (χ2n) is 8.76. The van der Waals surface area contributed by atoms with Gasteiger partial charge in [0.2, 0.25) is 0 Å². The zero-order valence-corrected chi connectivity index (χ0v) is 18.1. The summed E-state index contributed by atoms with van der Waals surface area (Å²) in [5, 5.41) is 0. The number of anilines is 1. The highest BCUT2D eigenvalue weighted by molar-refractivity contribution is 6.08. The van der Waals surface area contributed by atoms with E-state index in [1.807, 2.05) is 61.2 Å². The second kappa shape index (κ2) is 7.80. The molecule has 2 heterocycles.